The molecule has 0 bridgehead atoms. The predicted molar refractivity (Wildman–Crippen MR) is 86.7 cm³/mol. The van der Waals surface area contributed by atoms with Crippen LogP contribution in [0.15, 0.2) is 42.6 Å². The van der Waals surface area contributed by atoms with Crippen molar-refractivity contribution in [1.82, 2.24) is 10.3 Å². The molecule has 2 rings (SSSR count). The molecular weight excluding hydrogens is 284 g/mol. The van der Waals surface area contributed by atoms with Crippen LogP contribution in [0.1, 0.15) is 37.6 Å². The molecule has 0 amide bonds. The largest absolute Gasteiger partial charge is 0.487 e. The summed E-state index contributed by atoms with van der Waals surface area (Å²) in [5.41, 5.74) is 2.02. The number of rotatable bonds is 7. The predicted octanol–water partition coefficient (Wildman–Crippen LogP) is 4.37. The van der Waals surface area contributed by atoms with Gasteiger partial charge in [-0.1, -0.05) is 43.6 Å². The Hall–Kier alpha value is -1.58. The molecule has 2 aromatic rings. The first-order valence-electron chi connectivity index (χ1n) is 7.30. The van der Waals surface area contributed by atoms with Crippen molar-refractivity contribution in [2.75, 3.05) is 6.54 Å². The second-order valence-corrected chi connectivity index (χ2v) is 5.22. The van der Waals surface area contributed by atoms with Crippen LogP contribution in [0.3, 0.4) is 0 Å². The van der Waals surface area contributed by atoms with Gasteiger partial charge in [-0.25, -0.2) is 0 Å². The normalized spacial score (nSPS) is 12.1. The summed E-state index contributed by atoms with van der Waals surface area (Å²) in [5, 5.41) is 4.14. The fraction of sp³-hybridized carbons (Fsp3) is 0.353. The number of benzene rings is 1. The van der Waals surface area contributed by atoms with E-state index in [9.17, 15) is 0 Å². The standard InChI is InChI=1S/C17H21ClN2O/c1-3-16(19-4-2)17-10-9-14(11-20-17)21-12-13-7-5-6-8-15(13)18/h5-11,16,19H,3-4,12H2,1-2H3. The highest BCUT2D eigenvalue weighted by atomic mass is 35.5. The zero-order chi connectivity index (χ0) is 15.1. The lowest BCUT2D eigenvalue weighted by atomic mass is 10.1. The van der Waals surface area contributed by atoms with E-state index in [0.29, 0.717) is 12.6 Å². The highest BCUT2D eigenvalue weighted by molar-refractivity contribution is 6.31. The minimum Gasteiger partial charge on any atom is -0.487 e. The summed E-state index contributed by atoms with van der Waals surface area (Å²) in [7, 11) is 0. The number of ether oxygens (including phenoxy) is 1. The van der Waals surface area contributed by atoms with E-state index in [1.807, 2.05) is 36.4 Å². The van der Waals surface area contributed by atoms with Crippen LogP contribution in [0.25, 0.3) is 0 Å². The van der Waals surface area contributed by atoms with Gasteiger partial charge in [0.25, 0.3) is 0 Å². The monoisotopic (exact) mass is 304 g/mol. The molecule has 1 N–H and O–H groups in total. The lowest BCUT2D eigenvalue weighted by Gasteiger charge is -2.15. The molecule has 3 nitrogen and oxygen atoms in total. The third kappa shape index (κ3) is 4.45. The SMILES string of the molecule is CCNC(CC)c1ccc(OCc2ccccc2Cl)cn1. The molecular formula is C17H21ClN2O. The Bertz CT molecular complexity index is 557. The first kappa shape index (κ1) is 15.8. The lowest BCUT2D eigenvalue weighted by molar-refractivity contribution is 0.304. The topological polar surface area (TPSA) is 34.1 Å². The molecule has 1 unspecified atom stereocenters. The minimum absolute atomic E-state index is 0.299. The summed E-state index contributed by atoms with van der Waals surface area (Å²) in [4.78, 5) is 4.48. The number of nitrogens with zero attached hydrogens (tertiary/aromatic N) is 1. The number of aromatic nitrogens is 1. The molecule has 112 valence electrons. The third-order valence-corrected chi connectivity index (χ3v) is 3.70. The van der Waals surface area contributed by atoms with Crippen molar-refractivity contribution in [2.24, 2.45) is 0 Å². The molecule has 1 heterocycles. The Morgan fingerprint density at radius 3 is 2.62 bits per heavy atom. The number of halogens is 1. The van der Waals surface area contributed by atoms with Gasteiger partial charge in [0.15, 0.2) is 0 Å². The van der Waals surface area contributed by atoms with E-state index in [1.165, 1.54) is 0 Å². The van der Waals surface area contributed by atoms with Gasteiger partial charge < -0.3 is 10.1 Å². The summed E-state index contributed by atoms with van der Waals surface area (Å²) < 4.78 is 5.73. The highest BCUT2D eigenvalue weighted by Gasteiger charge is 2.09. The van der Waals surface area contributed by atoms with Crippen LogP contribution in [0, 0.1) is 0 Å². The molecule has 1 atom stereocenters. The van der Waals surface area contributed by atoms with E-state index in [4.69, 9.17) is 16.3 Å². The summed E-state index contributed by atoms with van der Waals surface area (Å²) >= 11 is 6.11. The number of nitrogens with one attached hydrogen (secondary N) is 1. The Morgan fingerprint density at radius 2 is 2.00 bits per heavy atom. The third-order valence-electron chi connectivity index (χ3n) is 3.33. The maximum atomic E-state index is 6.11. The van der Waals surface area contributed by atoms with Crippen molar-refractivity contribution in [2.45, 2.75) is 32.9 Å². The van der Waals surface area contributed by atoms with Gasteiger partial charge in [-0.15, -0.1) is 0 Å². The van der Waals surface area contributed by atoms with Crippen molar-refractivity contribution in [3.8, 4) is 5.75 Å². The Kier molecular flexibility index (Phi) is 6.03. The van der Waals surface area contributed by atoms with E-state index in [-0.39, 0.29) is 0 Å². The molecule has 0 spiro atoms. The van der Waals surface area contributed by atoms with Gasteiger partial charge in [-0.2, -0.15) is 0 Å². The van der Waals surface area contributed by atoms with Crippen LogP contribution < -0.4 is 10.1 Å². The highest BCUT2D eigenvalue weighted by Crippen LogP contribution is 2.20. The van der Waals surface area contributed by atoms with Crippen LogP contribution in [0.4, 0.5) is 0 Å². The van der Waals surface area contributed by atoms with Gasteiger partial charge in [0, 0.05) is 16.6 Å². The minimum atomic E-state index is 0.299. The smallest absolute Gasteiger partial charge is 0.138 e. The maximum Gasteiger partial charge on any atom is 0.138 e. The van der Waals surface area contributed by atoms with E-state index in [0.717, 1.165) is 35.0 Å². The fourth-order valence-corrected chi connectivity index (χ4v) is 2.35. The van der Waals surface area contributed by atoms with E-state index < -0.39 is 0 Å². The van der Waals surface area contributed by atoms with Crippen molar-refractivity contribution >= 4 is 11.6 Å². The first-order valence-corrected chi connectivity index (χ1v) is 7.68. The van der Waals surface area contributed by atoms with Gasteiger partial charge in [0.1, 0.15) is 12.4 Å². The molecule has 0 radical (unpaired) electrons. The number of hydrogen-bond donors (Lipinski definition) is 1. The average Bonchev–Trinajstić information content (AvgIpc) is 2.52. The number of hydrogen-bond acceptors (Lipinski definition) is 3. The van der Waals surface area contributed by atoms with E-state index in [2.05, 4.69) is 24.1 Å². The molecule has 4 heteroatoms. The molecule has 0 saturated carbocycles. The lowest BCUT2D eigenvalue weighted by Crippen LogP contribution is -2.20. The summed E-state index contributed by atoms with van der Waals surface area (Å²) in [5.74, 6) is 0.755. The molecule has 21 heavy (non-hydrogen) atoms. The molecule has 0 aliphatic carbocycles. The zero-order valence-electron chi connectivity index (χ0n) is 12.5. The zero-order valence-corrected chi connectivity index (χ0v) is 13.2. The van der Waals surface area contributed by atoms with Gasteiger partial charge in [0.05, 0.1) is 11.9 Å². The van der Waals surface area contributed by atoms with E-state index >= 15 is 0 Å². The molecule has 0 aliphatic rings. The Balaban J connectivity index is 1.98. The summed E-state index contributed by atoms with van der Waals surface area (Å²) in [6.45, 7) is 5.64. The maximum absolute atomic E-state index is 6.11. The van der Waals surface area contributed by atoms with Crippen LogP contribution >= 0.6 is 11.6 Å². The average molecular weight is 305 g/mol. The van der Waals surface area contributed by atoms with Gasteiger partial charge in [-0.05, 0) is 31.2 Å². The summed E-state index contributed by atoms with van der Waals surface area (Å²) in [6, 6.07) is 12.0. The van der Waals surface area contributed by atoms with Crippen molar-refractivity contribution in [1.29, 1.82) is 0 Å². The second-order valence-electron chi connectivity index (χ2n) is 4.82. The van der Waals surface area contributed by atoms with Crippen molar-refractivity contribution in [3.63, 3.8) is 0 Å². The van der Waals surface area contributed by atoms with Gasteiger partial charge >= 0.3 is 0 Å². The van der Waals surface area contributed by atoms with Crippen LogP contribution in [-0.4, -0.2) is 11.5 Å². The second kappa shape index (κ2) is 8.01. The first-order chi connectivity index (χ1) is 10.2. The van der Waals surface area contributed by atoms with Crippen LogP contribution in [0.5, 0.6) is 5.75 Å². The van der Waals surface area contributed by atoms with E-state index in [1.54, 1.807) is 6.20 Å². The molecule has 0 aliphatic heterocycles. The Labute approximate surface area is 131 Å². The molecule has 0 fully saturated rings. The van der Waals surface area contributed by atoms with Crippen LogP contribution in [-0.2, 0) is 6.61 Å². The van der Waals surface area contributed by atoms with Crippen LogP contribution in [0.2, 0.25) is 5.02 Å². The number of pyridine rings is 1. The quantitative estimate of drug-likeness (QED) is 0.824. The Morgan fingerprint density at radius 1 is 1.19 bits per heavy atom. The fourth-order valence-electron chi connectivity index (χ4n) is 2.16. The van der Waals surface area contributed by atoms with Crippen molar-refractivity contribution < 1.29 is 4.74 Å². The summed E-state index contributed by atoms with van der Waals surface area (Å²) in [6.07, 6.45) is 2.78. The molecule has 0 saturated heterocycles. The van der Waals surface area contributed by atoms with Gasteiger partial charge in [-0.3, -0.25) is 4.98 Å². The van der Waals surface area contributed by atoms with Crippen molar-refractivity contribution in [3.05, 3.63) is 58.9 Å². The van der Waals surface area contributed by atoms with Gasteiger partial charge in [0.2, 0.25) is 0 Å². The molecule has 1 aromatic carbocycles. The molecule has 1 aromatic heterocycles.